The van der Waals surface area contributed by atoms with Gasteiger partial charge in [-0.05, 0) is 25.7 Å². The molecule has 0 saturated heterocycles. The maximum absolute atomic E-state index is 12.7. The first-order valence-corrected chi connectivity index (χ1v) is 23.4. The number of unbranched alkanes of at least 4 members (excludes halogenated alkanes) is 22. The SMILES string of the molecule is CCCCCCCCCCCCCCCC(=O)OC[C@H](COP(=O)([O-])OCC[N+](C)(C)C)OC(=O)CCCCCCCC(CCCCCCCCC)OO. The number of likely N-dealkylation sites (N-methyl/N-ethyl adjacent to an activating group) is 1. The zero-order valence-electron chi connectivity index (χ0n) is 35.5. The summed E-state index contributed by atoms with van der Waals surface area (Å²) in [5, 5.41) is 9.28. The van der Waals surface area contributed by atoms with Crippen LogP contribution >= 0.6 is 7.82 Å². The van der Waals surface area contributed by atoms with Gasteiger partial charge in [0.15, 0.2) is 6.10 Å². The Bertz CT molecular complexity index is 916. The summed E-state index contributed by atoms with van der Waals surface area (Å²) in [5.41, 5.74) is 0. The van der Waals surface area contributed by atoms with Crippen LogP contribution in [0.15, 0.2) is 0 Å². The molecule has 0 radical (unpaired) electrons. The summed E-state index contributed by atoms with van der Waals surface area (Å²) in [5.74, 6) is -0.897. The van der Waals surface area contributed by atoms with E-state index in [1.807, 2.05) is 21.1 Å². The Morgan fingerprint density at radius 2 is 0.981 bits per heavy atom. The van der Waals surface area contributed by atoms with E-state index < -0.39 is 32.5 Å². The van der Waals surface area contributed by atoms with E-state index in [1.165, 1.54) is 103 Å². The lowest BCUT2D eigenvalue weighted by atomic mass is 10.0. The van der Waals surface area contributed by atoms with E-state index in [2.05, 4.69) is 13.8 Å². The molecule has 0 aromatic heterocycles. The number of nitrogens with zero attached hydrogens (tertiary/aromatic N) is 1. The Hall–Kier alpha value is -1.07. The lowest BCUT2D eigenvalue weighted by molar-refractivity contribution is -0.870. The van der Waals surface area contributed by atoms with E-state index in [0.29, 0.717) is 17.4 Å². The summed E-state index contributed by atoms with van der Waals surface area (Å²) in [6.07, 6.45) is 29.6. The summed E-state index contributed by atoms with van der Waals surface area (Å²) in [4.78, 5) is 42.2. The van der Waals surface area contributed by atoms with Gasteiger partial charge in [0.05, 0.1) is 33.9 Å². The van der Waals surface area contributed by atoms with Crippen molar-refractivity contribution < 1.29 is 52.2 Å². The maximum Gasteiger partial charge on any atom is 0.306 e. The highest BCUT2D eigenvalue weighted by Crippen LogP contribution is 2.38. The Kier molecular flexibility index (Phi) is 35.6. The Balaban J connectivity index is 4.45. The molecule has 0 aliphatic rings. The third-order valence-electron chi connectivity index (χ3n) is 9.83. The number of quaternary nitrogens is 1. The van der Waals surface area contributed by atoms with Crippen molar-refractivity contribution in [2.45, 2.75) is 212 Å². The minimum absolute atomic E-state index is 0.0459. The van der Waals surface area contributed by atoms with E-state index in [0.717, 1.165) is 64.2 Å². The van der Waals surface area contributed by atoms with Crippen LogP contribution in [0.2, 0.25) is 0 Å². The van der Waals surface area contributed by atoms with Crippen molar-refractivity contribution in [2.75, 3.05) is 47.5 Å². The molecule has 0 aromatic carbocycles. The largest absolute Gasteiger partial charge is 0.756 e. The van der Waals surface area contributed by atoms with Crippen LogP contribution in [0.1, 0.15) is 200 Å². The van der Waals surface area contributed by atoms with Crippen LogP contribution < -0.4 is 4.89 Å². The van der Waals surface area contributed by atoms with Gasteiger partial charge < -0.3 is 27.9 Å². The molecule has 1 N–H and O–H groups in total. The van der Waals surface area contributed by atoms with E-state index in [-0.39, 0.29) is 32.2 Å². The Morgan fingerprint density at radius 1 is 0.574 bits per heavy atom. The quantitative estimate of drug-likeness (QED) is 0.0159. The molecule has 0 heterocycles. The number of phosphoric ester groups is 1. The molecule has 0 aliphatic carbocycles. The van der Waals surface area contributed by atoms with Crippen LogP contribution in [0.4, 0.5) is 0 Å². The van der Waals surface area contributed by atoms with Crippen molar-refractivity contribution in [2.24, 2.45) is 0 Å². The zero-order valence-corrected chi connectivity index (χ0v) is 36.4. The minimum Gasteiger partial charge on any atom is -0.756 e. The highest BCUT2D eigenvalue weighted by molar-refractivity contribution is 7.45. The van der Waals surface area contributed by atoms with Crippen molar-refractivity contribution in [3.05, 3.63) is 0 Å². The highest BCUT2D eigenvalue weighted by Gasteiger charge is 2.22. The van der Waals surface area contributed by atoms with Gasteiger partial charge in [-0.25, -0.2) is 4.89 Å². The lowest BCUT2D eigenvalue weighted by Gasteiger charge is -2.28. The topological polar surface area (TPSA) is 141 Å². The van der Waals surface area contributed by atoms with Crippen molar-refractivity contribution in [3.63, 3.8) is 0 Å². The van der Waals surface area contributed by atoms with Gasteiger partial charge in [0.1, 0.15) is 19.8 Å². The molecule has 0 bridgehead atoms. The molecule has 11 nitrogen and oxygen atoms in total. The summed E-state index contributed by atoms with van der Waals surface area (Å²) in [6, 6.07) is 0. The second kappa shape index (κ2) is 36.3. The maximum atomic E-state index is 12.7. The fourth-order valence-corrected chi connectivity index (χ4v) is 7.02. The predicted octanol–water partition coefficient (Wildman–Crippen LogP) is 10.9. The molecule has 0 fully saturated rings. The van der Waals surface area contributed by atoms with E-state index in [4.69, 9.17) is 23.4 Å². The lowest BCUT2D eigenvalue weighted by Crippen LogP contribution is -2.37. The van der Waals surface area contributed by atoms with Gasteiger partial charge >= 0.3 is 11.9 Å². The van der Waals surface area contributed by atoms with Crippen LogP contribution in [-0.2, 0) is 37.6 Å². The van der Waals surface area contributed by atoms with E-state index >= 15 is 0 Å². The number of hydrogen-bond donors (Lipinski definition) is 1. The molecule has 0 aromatic rings. The number of phosphoric acid groups is 1. The van der Waals surface area contributed by atoms with Crippen molar-refractivity contribution >= 4 is 19.8 Å². The van der Waals surface area contributed by atoms with Gasteiger partial charge in [0, 0.05) is 12.8 Å². The number of carbonyl (C=O) groups is 2. The fraction of sp³-hybridized carbons (Fsp3) is 0.952. The second-order valence-corrected chi connectivity index (χ2v) is 17.7. The Morgan fingerprint density at radius 3 is 1.41 bits per heavy atom. The van der Waals surface area contributed by atoms with E-state index in [1.54, 1.807) is 0 Å². The van der Waals surface area contributed by atoms with Gasteiger partial charge in [0.2, 0.25) is 0 Å². The third kappa shape index (κ3) is 37.8. The van der Waals surface area contributed by atoms with Gasteiger partial charge in [0.25, 0.3) is 7.82 Å². The molecular weight excluding hydrogens is 709 g/mol. The predicted molar refractivity (Wildman–Crippen MR) is 216 cm³/mol. The first-order chi connectivity index (χ1) is 25.9. The molecular formula is C42H84NO10P. The average molecular weight is 794 g/mol. The monoisotopic (exact) mass is 794 g/mol. The van der Waals surface area contributed by atoms with Crippen LogP contribution in [0.25, 0.3) is 0 Å². The minimum atomic E-state index is -4.64. The van der Waals surface area contributed by atoms with Crippen molar-refractivity contribution in [1.29, 1.82) is 0 Å². The molecule has 0 spiro atoms. The normalized spacial score (nSPS) is 14.1. The molecule has 0 amide bonds. The van der Waals surface area contributed by atoms with Crippen LogP contribution in [-0.4, -0.2) is 81.4 Å². The highest BCUT2D eigenvalue weighted by atomic mass is 31.2. The molecule has 0 aliphatic heterocycles. The summed E-state index contributed by atoms with van der Waals surface area (Å²) >= 11 is 0. The summed E-state index contributed by atoms with van der Waals surface area (Å²) in [6.45, 7) is 4.10. The van der Waals surface area contributed by atoms with Crippen LogP contribution in [0, 0.1) is 0 Å². The van der Waals surface area contributed by atoms with Crippen LogP contribution in [0.3, 0.4) is 0 Å². The molecule has 322 valence electrons. The Labute approximate surface area is 331 Å². The van der Waals surface area contributed by atoms with Crippen molar-refractivity contribution in [1.82, 2.24) is 0 Å². The fourth-order valence-electron chi connectivity index (χ4n) is 6.29. The summed E-state index contributed by atoms with van der Waals surface area (Å²) < 4.78 is 33.8. The van der Waals surface area contributed by atoms with Crippen molar-refractivity contribution in [3.8, 4) is 0 Å². The van der Waals surface area contributed by atoms with Gasteiger partial charge in [-0.1, -0.05) is 162 Å². The van der Waals surface area contributed by atoms with Crippen LogP contribution in [0.5, 0.6) is 0 Å². The number of hydrogen-bond acceptors (Lipinski definition) is 10. The standard InChI is InChI=1S/C42H84NO10P/c1-6-8-10-12-14-15-16-17-18-19-21-25-29-33-41(44)49-37-40(38-51-54(47,48)50-36-35-43(3,4)5)52-42(45)34-30-26-22-24-28-32-39(53-46)31-27-23-20-13-11-9-7-2/h39-40H,6-38H2,1-5H3,(H-,46,47,48)/t39?,40-/m1/s1. The molecule has 54 heavy (non-hydrogen) atoms. The van der Waals surface area contributed by atoms with Gasteiger partial charge in [-0.15, -0.1) is 0 Å². The number of esters is 2. The molecule has 2 unspecified atom stereocenters. The summed E-state index contributed by atoms with van der Waals surface area (Å²) in [7, 11) is 1.11. The second-order valence-electron chi connectivity index (χ2n) is 16.3. The number of rotatable bonds is 41. The first kappa shape index (κ1) is 52.9. The number of ether oxygens (including phenoxy) is 2. The van der Waals surface area contributed by atoms with Gasteiger partial charge in [-0.2, -0.15) is 0 Å². The third-order valence-corrected chi connectivity index (χ3v) is 10.8. The van der Waals surface area contributed by atoms with E-state index in [9.17, 15) is 24.3 Å². The smallest absolute Gasteiger partial charge is 0.306 e. The zero-order chi connectivity index (χ0) is 40.2. The molecule has 0 saturated carbocycles. The molecule has 3 atom stereocenters. The molecule has 0 rings (SSSR count). The molecule has 12 heteroatoms. The number of carbonyl (C=O) groups excluding carboxylic acids is 2. The average Bonchev–Trinajstić information content (AvgIpc) is 3.12. The van der Waals surface area contributed by atoms with Gasteiger partial charge in [-0.3, -0.25) is 19.4 Å². The first-order valence-electron chi connectivity index (χ1n) is 22.0.